The number of aliphatic imine (C=N–C) groups is 1. The number of aromatic nitrogens is 2. The minimum atomic E-state index is -0.641. The largest absolute Gasteiger partial charge is 0.461 e. The van der Waals surface area contributed by atoms with Crippen molar-refractivity contribution in [2.24, 2.45) is 4.99 Å². The van der Waals surface area contributed by atoms with Crippen molar-refractivity contribution in [3.8, 4) is 5.69 Å². The Hall–Kier alpha value is -3.52. The number of ether oxygens (including phenoxy) is 1. The van der Waals surface area contributed by atoms with Crippen molar-refractivity contribution < 1.29 is 9.53 Å². The zero-order valence-electron chi connectivity index (χ0n) is 15.1. The van der Waals surface area contributed by atoms with E-state index >= 15 is 0 Å². The predicted molar refractivity (Wildman–Crippen MR) is 113 cm³/mol. The van der Waals surface area contributed by atoms with E-state index in [1.807, 2.05) is 36.4 Å². The van der Waals surface area contributed by atoms with E-state index in [1.165, 1.54) is 10.9 Å². The number of carbonyl (C=O) groups excluding carboxylic acids is 1. The smallest absolute Gasteiger partial charge is 0.357 e. The van der Waals surface area contributed by atoms with Gasteiger partial charge < -0.3 is 10.1 Å². The van der Waals surface area contributed by atoms with Gasteiger partial charge >= 0.3 is 5.97 Å². The molecule has 0 fully saturated rings. The van der Waals surface area contributed by atoms with Crippen LogP contribution in [0.5, 0.6) is 0 Å². The van der Waals surface area contributed by atoms with Gasteiger partial charge in [0.15, 0.2) is 10.8 Å². The minimum absolute atomic E-state index is 0.0157. The number of anilines is 1. The Bertz CT molecular complexity index is 1060. The number of hydrogen-bond donors (Lipinski definition) is 2. The van der Waals surface area contributed by atoms with Crippen molar-refractivity contribution in [1.82, 2.24) is 9.78 Å². The van der Waals surface area contributed by atoms with Crippen molar-refractivity contribution in [2.75, 3.05) is 11.9 Å². The zero-order chi connectivity index (χ0) is 19.9. The van der Waals surface area contributed by atoms with E-state index in [4.69, 9.17) is 17.0 Å². The average molecular weight is 394 g/mol. The number of thiocarbonyl (C=S) groups is 1. The summed E-state index contributed by atoms with van der Waals surface area (Å²) in [6.07, 6.45) is 1.27. The maximum absolute atomic E-state index is 12.8. The van der Waals surface area contributed by atoms with Crippen LogP contribution in [-0.2, 0) is 4.74 Å². The highest BCUT2D eigenvalue weighted by Crippen LogP contribution is 2.09. The fourth-order valence-electron chi connectivity index (χ4n) is 2.49. The summed E-state index contributed by atoms with van der Waals surface area (Å²) >= 11 is 5.19. The summed E-state index contributed by atoms with van der Waals surface area (Å²) in [4.78, 5) is 29.2. The molecule has 7 nitrogen and oxygen atoms in total. The molecule has 28 heavy (non-hydrogen) atoms. The van der Waals surface area contributed by atoms with Crippen LogP contribution in [0.3, 0.4) is 0 Å². The summed E-state index contributed by atoms with van der Waals surface area (Å²) in [5.41, 5.74) is 1.01. The van der Waals surface area contributed by atoms with Gasteiger partial charge in [-0.2, -0.15) is 0 Å². The van der Waals surface area contributed by atoms with E-state index in [0.717, 1.165) is 5.69 Å². The average Bonchev–Trinajstić information content (AvgIpc) is 3.04. The number of aromatic amines is 1. The van der Waals surface area contributed by atoms with Gasteiger partial charge in [0.05, 0.1) is 17.9 Å². The van der Waals surface area contributed by atoms with E-state index < -0.39 is 11.5 Å². The third-order valence-electron chi connectivity index (χ3n) is 3.76. The molecule has 0 saturated carbocycles. The van der Waals surface area contributed by atoms with Gasteiger partial charge in [0.2, 0.25) is 0 Å². The quantitative estimate of drug-likeness (QED) is 0.394. The lowest BCUT2D eigenvalue weighted by atomic mass is 10.2. The van der Waals surface area contributed by atoms with Crippen molar-refractivity contribution in [3.05, 3.63) is 82.3 Å². The fraction of sp³-hybridized carbons (Fsp3) is 0.100. The minimum Gasteiger partial charge on any atom is -0.461 e. The molecule has 142 valence electrons. The second kappa shape index (κ2) is 8.92. The van der Waals surface area contributed by atoms with Gasteiger partial charge in [-0.1, -0.05) is 36.4 Å². The second-order valence-corrected chi connectivity index (χ2v) is 6.04. The molecule has 0 aliphatic carbocycles. The maximum Gasteiger partial charge on any atom is 0.357 e. The third-order valence-corrected chi connectivity index (χ3v) is 3.96. The molecule has 0 unspecified atom stereocenters. The van der Waals surface area contributed by atoms with Gasteiger partial charge in [-0.15, -0.1) is 0 Å². The first-order valence-electron chi connectivity index (χ1n) is 8.57. The van der Waals surface area contributed by atoms with Gasteiger partial charge in [0.1, 0.15) is 0 Å². The summed E-state index contributed by atoms with van der Waals surface area (Å²) < 4.78 is 6.31. The third kappa shape index (κ3) is 4.41. The molecule has 3 aromatic rings. The highest BCUT2D eigenvalue weighted by Gasteiger charge is 2.20. The van der Waals surface area contributed by atoms with Crippen LogP contribution in [0.25, 0.3) is 5.69 Å². The Balaban J connectivity index is 1.94. The zero-order valence-corrected chi connectivity index (χ0v) is 15.9. The van der Waals surface area contributed by atoms with Gasteiger partial charge in [0, 0.05) is 11.9 Å². The molecule has 0 radical (unpaired) electrons. The monoisotopic (exact) mass is 394 g/mol. The van der Waals surface area contributed by atoms with E-state index in [2.05, 4.69) is 15.4 Å². The fourth-order valence-corrected chi connectivity index (χ4v) is 2.66. The number of hydrogen-bond acceptors (Lipinski definition) is 4. The van der Waals surface area contributed by atoms with Crippen LogP contribution in [0.4, 0.5) is 5.69 Å². The first-order valence-corrected chi connectivity index (χ1v) is 8.98. The van der Waals surface area contributed by atoms with Gasteiger partial charge in [-0.05, 0) is 43.4 Å². The lowest BCUT2D eigenvalue weighted by Gasteiger charge is -2.02. The van der Waals surface area contributed by atoms with Crippen molar-refractivity contribution >= 4 is 35.2 Å². The first-order chi connectivity index (χ1) is 13.6. The molecule has 1 aromatic heterocycles. The van der Waals surface area contributed by atoms with E-state index in [9.17, 15) is 9.59 Å². The number of esters is 1. The Labute approximate surface area is 166 Å². The Morgan fingerprint density at radius 2 is 1.82 bits per heavy atom. The number of nitrogens with zero attached hydrogens (tertiary/aromatic N) is 2. The van der Waals surface area contributed by atoms with Gasteiger partial charge in [-0.25, -0.2) is 14.5 Å². The highest BCUT2D eigenvalue weighted by atomic mass is 32.1. The summed E-state index contributed by atoms with van der Waals surface area (Å²) in [5.74, 6) is -0.641. The van der Waals surface area contributed by atoms with Crippen molar-refractivity contribution in [3.63, 3.8) is 0 Å². The van der Waals surface area contributed by atoms with Crippen LogP contribution < -0.4 is 10.9 Å². The molecule has 8 heteroatoms. The highest BCUT2D eigenvalue weighted by molar-refractivity contribution is 7.80. The molecule has 3 rings (SSSR count). The van der Waals surface area contributed by atoms with Crippen LogP contribution >= 0.6 is 12.2 Å². The van der Waals surface area contributed by atoms with Crippen LogP contribution in [0.15, 0.2) is 70.5 Å². The van der Waals surface area contributed by atoms with E-state index in [-0.39, 0.29) is 23.0 Å². The molecule has 0 atom stereocenters. The molecule has 0 spiro atoms. The van der Waals surface area contributed by atoms with Crippen molar-refractivity contribution in [1.29, 1.82) is 0 Å². The normalized spacial score (nSPS) is 10.8. The van der Waals surface area contributed by atoms with E-state index in [0.29, 0.717) is 5.69 Å². The predicted octanol–water partition coefficient (Wildman–Crippen LogP) is 3.16. The molecule has 0 aliphatic heterocycles. The summed E-state index contributed by atoms with van der Waals surface area (Å²) in [7, 11) is 0. The lowest BCUT2D eigenvalue weighted by Crippen LogP contribution is -2.18. The molecule has 0 aliphatic rings. The SMILES string of the molecule is CCOC(=O)c1[nH]n(-c2ccccc2)c(=O)c1/C=N/C(=S)Nc1ccccc1. The Kier molecular flexibility index (Phi) is 6.13. The van der Waals surface area contributed by atoms with Gasteiger partial charge in [-0.3, -0.25) is 9.89 Å². The van der Waals surface area contributed by atoms with E-state index in [1.54, 1.807) is 31.2 Å². The molecule has 0 saturated heterocycles. The number of rotatable bonds is 5. The van der Waals surface area contributed by atoms with Crippen LogP contribution in [0.1, 0.15) is 23.0 Å². The van der Waals surface area contributed by atoms with Crippen molar-refractivity contribution in [2.45, 2.75) is 6.92 Å². The topological polar surface area (TPSA) is 88.5 Å². The maximum atomic E-state index is 12.8. The standard InChI is InChI=1S/C20H18N4O3S/c1-2-27-19(26)17-16(13-21-20(28)22-14-9-5-3-6-10-14)18(25)24(23-17)15-11-7-4-8-12-15/h3-13,23H,2H2,1H3,(H,22,28)/b21-13+. The molecule has 2 aromatic carbocycles. The molecule has 1 heterocycles. The van der Waals surface area contributed by atoms with Crippen LogP contribution in [-0.4, -0.2) is 33.7 Å². The summed E-state index contributed by atoms with van der Waals surface area (Å²) in [6, 6.07) is 18.2. The lowest BCUT2D eigenvalue weighted by molar-refractivity contribution is 0.0519. The van der Waals surface area contributed by atoms with Crippen LogP contribution in [0.2, 0.25) is 0 Å². The summed E-state index contributed by atoms with van der Waals surface area (Å²) in [5, 5.41) is 5.90. The number of para-hydroxylation sites is 2. The second-order valence-electron chi connectivity index (χ2n) is 5.65. The van der Waals surface area contributed by atoms with Crippen LogP contribution in [0, 0.1) is 0 Å². The molecular weight excluding hydrogens is 376 g/mol. The summed E-state index contributed by atoms with van der Waals surface area (Å²) in [6.45, 7) is 1.87. The number of nitrogens with one attached hydrogen (secondary N) is 2. The molecule has 2 N–H and O–H groups in total. The Morgan fingerprint density at radius 1 is 1.18 bits per heavy atom. The molecular formula is C20H18N4O3S. The first kappa shape index (κ1) is 19.2. The number of carbonyl (C=O) groups is 1. The number of H-pyrrole nitrogens is 1. The number of benzene rings is 2. The van der Waals surface area contributed by atoms with Gasteiger partial charge in [0.25, 0.3) is 5.56 Å². The molecule has 0 bridgehead atoms. The molecule has 0 amide bonds. The Morgan fingerprint density at radius 3 is 2.46 bits per heavy atom.